The Morgan fingerprint density at radius 1 is 1.24 bits per heavy atom. The van der Waals surface area contributed by atoms with E-state index in [0.29, 0.717) is 11.1 Å². The van der Waals surface area contributed by atoms with Gasteiger partial charge in [-0.3, -0.25) is 9.58 Å². The number of nitrogens with zero attached hydrogens (tertiary/aromatic N) is 3. The second-order valence-corrected chi connectivity index (χ2v) is 7.66. The number of piperazine rings is 1. The Labute approximate surface area is 127 Å². The minimum atomic E-state index is 0.362. The first-order valence-electron chi connectivity index (χ1n) is 8.68. The summed E-state index contributed by atoms with van der Waals surface area (Å²) in [6.45, 7) is 7.06. The maximum Gasteiger partial charge on any atom is 0.0536 e. The highest BCUT2D eigenvalue weighted by Gasteiger charge is 2.52. The van der Waals surface area contributed by atoms with E-state index in [9.17, 15) is 0 Å². The number of rotatable bonds is 4. The molecule has 4 heteroatoms. The predicted molar refractivity (Wildman–Crippen MR) is 84.1 cm³/mol. The van der Waals surface area contributed by atoms with Crippen molar-refractivity contribution in [1.82, 2.24) is 20.0 Å². The fourth-order valence-corrected chi connectivity index (χ4v) is 4.56. The van der Waals surface area contributed by atoms with Gasteiger partial charge in [-0.2, -0.15) is 5.10 Å². The van der Waals surface area contributed by atoms with Crippen LogP contribution in [0.15, 0.2) is 18.5 Å². The molecule has 1 saturated heterocycles. The second kappa shape index (κ2) is 5.10. The van der Waals surface area contributed by atoms with Crippen LogP contribution in [0.5, 0.6) is 0 Å². The van der Waals surface area contributed by atoms with E-state index in [1.54, 1.807) is 0 Å². The molecule has 3 fully saturated rings. The molecule has 116 valence electrons. The van der Waals surface area contributed by atoms with E-state index in [1.165, 1.54) is 51.6 Å². The molecule has 1 atom stereocenters. The average Bonchev–Trinajstić information content (AvgIpc) is 3.05. The topological polar surface area (TPSA) is 33.1 Å². The Morgan fingerprint density at radius 2 is 2.05 bits per heavy atom. The summed E-state index contributed by atoms with van der Waals surface area (Å²) in [5, 5.41) is 8.34. The van der Waals surface area contributed by atoms with Crippen molar-refractivity contribution >= 4 is 0 Å². The molecule has 4 nitrogen and oxygen atoms in total. The highest BCUT2D eigenvalue weighted by Crippen LogP contribution is 2.46. The molecule has 1 aromatic rings. The first kappa shape index (κ1) is 13.8. The minimum Gasteiger partial charge on any atom is -0.308 e. The van der Waals surface area contributed by atoms with Gasteiger partial charge in [-0.05, 0) is 44.6 Å². The van der Waals surface area contributed by atoms with E-state index >= 15 is 0 Å². The Morgan fingerprint density at radius 3 is 2.71 bits per heavy atom. The third kappa shape index (κ3) is 2.53. The molecule has 21 heavy (non-hydrogen) atoms. The van der Waals surface area contributed by atoms with E-state index in [1.807, 2.05) is 12.3 Å². The summed E-state index contributed by atoms with van der Waals surface area (Å²) in [6, 6.07) is 2.02. The quantitative estimate of drug-likeness (QED) is 0.922. The van der Waals surface area contributed by atoms with Gasteiger partial charge in [0.2, 0.25) is 0 Å². The van der Waals surface area contributed by atoms with Crippen LogP contribution in [-0.2, 0) is 6.54 Å². The molecule has 0 bridgehead atoms. The van der Waals surface area contributed by atoms with Gasteiger partial charge in [-0.25, -0.2) is 0 Å². The number of hydrogen-bond acceptors (Lipinski definition) is 3. The highest BCUT2D eigenvalue weighted by molar-refractivity contribution is 5.10. The zero-order valence-electron chi connectivity index (χ0n) is 13.2. The Balaban J connectivity index is 1.49. The highest BCUT2D eigenvalue weighted by atomic mass is 15.3. The van der Waals surface area contributed by atoms with Crippen molar-refractivity contribution in [3.05, 3.63) is 18.5 Å². The van der Waals surface area contributed by atoms with Gasteiger partial charge in [0.05, 0.1) is 6.54 Å². The van der Waals surface area contributed by atoms with Gasteiger partial charge >= 0.3 is 0 Å². The smallest absolute Gasteiger partial charge is 0.0536 e. The van der Waals surface area contributed by atoms with Crippen LogP contribution in [0.2, 0.25) is 0 Å². The molecular weight excluding hydrogens is 260 g/mol. The number of aromatic nitrogens is 2. The van der Waals surface area contributed by atoms with E-state index < -0.39 is 0 Å². The minimum absolute atomic E-state index is 0.362. The summed E-state index contributed by atoms with van der Waals surface area (Å²) < 4.78 is 2.08. The Bertz CT molecular complexity index is 473. The fraction of sp³-hybridized carbons (Fsp3) is 0.824. The third-order valence-electron chi connectivity index (χ3n) is 6.21. The molecular formula is C17H28N4. The zero-order chi connectivity index (χ0) is 14.3. The van der Waals surface area contributed by atoms with Crippen LogP contribution >= 0.6 is 0 Å². The second-order valence-electron chi connectivity index (χ2n) is 7.66. The van der Waals surface area contributed by atoms with E-state index in [0.717, 1.165) is 19.0 Å². The molecule has 4 rings (SSSR count). The van der Waals surface area contributed by atoms with Crippen molar-refractivity contribution in [3.8, 4) is 0 Å². The van der Waals surface area contributed by atoms with Crippen molar-refractivity contribution in [2.45, 2.75) is 63.1 Å². The Hall–Kier alpha value is -0.870. The molecule has 3 aliphatic rings. The monoisotopic (exact) mass is 288 g/mol. The van der Waals surface area contributed by atoms with Gasteiger partial charge in [0, 0.05) is 43.1 Å². The lowest BCUT2D eigenvalue weighted by Gasteiger charge is -2.53. The molecule has 2 aliphatic carbocycles. The summed E-state index contributed by atoms with van der Waals surface area (Å²) >= 11 is 0. The number of nitrogens with one attached hydrogen (secondary N) is 1. The van der Waals surface area contributed by atoms with Crippen LogP contribution in [0.1, 0.15) is 45.4 Å². The largest absolute Gasteiger partial charge is 0.308 e. The van der Waals surface area contributed by atoms with Crippen LogP contribution in [0.25, 0.3) is 0 Å². The van der Waals surface area contributed by atoms with Gasteiger partial charge < -0.3 is 5.32 Å². The van der Waals surface area contributed by atoms with Crippen LogP contribution in [0.4, 0.5) is 0 Å². The van der Waals surface area contributed by atoms with Crippen molar-refractivity contribution in [3.63, 3.8) is 0 Å². The van der Waals surface area contributed by atoms with Gasteiger partial charge in [0.25, 0.3) is 0 Å². The van der Waals surface area contributed by atoms with Crippen LogP contribution < -0.4 is 5.32 Å². The molecule has 1 aromatic heterocycles. The van der Waals surface area contributed by atoms with Crippen molar-refractivity contribution < 1.29 is 0 Å². The first-order chi connectivity index (χ1) is 10.2. The number of hydrogen-bond donors (Lipinski definition) is 1. The zero-order valence-corrected chi connectivity index (χ0v) is 13.2. The molecule has 1 aliphatic heterocycles. The van der Waals surface area contributed by atoms with E-state index in [2.05, 4.69) is 33.1 Å². The van der Waals surface area contributed by atoms with Gasteiger partial charge in [-0.15, -0.1) is 0 Å². The van der Waals surface area contributed by atoms with E-state index in [-0.39, 0.29) is 0 Å². The lowest BCUT2D eigenvalue weighted by atomic mass is 9.83. The lowest BCUT2D eigenvalue weighted by Crippen LogP contribution is -2.69. The standard InChI is InChI=1S/C17H28N4/c1-16(15-5-6-15)13-18-17(7-2-3-8-17)14-20(16)11-12-21-10-4-9-19-21/h4,9-10,15,18H,2-3,5-8,11-14H2,1H3. The fourth-order valence-electron chi connectivity index (χ4n) is 4.56. The molecule has 1 spiro atoms. The van der Waals surface area contributed by atoms with Crippen LogP contribution in [-0.4, -0.2) is 45.4 Å². The molecule has 1 unspecified atom stereocenters. The van der Waals surface area contributed by atoms with Crippen LogP contribution in [0.3, 0.4) is 0 Å². The summed E-state index contributed by atoms with van der Waals surface area (Å²) in [6.07, 6.45) is 12.4. The molecule has 0 aromatic carbocycles. The molecule has 1 N–H and O–H groups in total. The normalized spacial score (nSPS) is 32.8. The molecule has 2 heterocycles. The Kier molecular flexibility index (Phi) is 3.34. The summed E-state index contributed by atoms with van der Waals surface area (Å²) in [5.74, 6) is 0.904. The third-order valence-corrected chi connectivity index (χ3v) is 6.21. The maximum atomic E-state index is 4.37. The van der Waals surface area contributed by atoms with Gasteiger partial charge in [-0.1, -0.05) is 12.8 Å². The summed E-state index contributed by atoms with van der Waals surface area (Å²) in [5.41, 5.74) is 0.777. The van der Waals surface area contributed by atoms with E-state index in [4.69, 9.17) is 0 Å². The predicted octanol–water partition coefficient (Wildman–Crippen LogP) is 2.27. The molecule has 0 radical (unpaired) electrons. The first-order valence-corrected chi connectivity index (χ1v) is 8.68. The molecule has 2 saturated carbocycles. The summed E-state index contributed by atoms with van der Waals surface area (Å²) in [7, 11) is 0. The van der Waals surface area contributed by atoms with Crippen LogP contribution in [0, 0.1) is 5.92 Å². The van der Waals surface area contributed by atoms with Crippen molar-refractivity contribution in [2.24, 2.45) is 5.92 Å². The average molecular weight is 288 g/mol. The van der Waals surface area contributed by atoms with Crippen molar-refractivity contribution in [1.29, 1.82) is 0 Å². The van der Waals surface area contributed by atoms with Gasteiger partial charge in [0.1, 0.15) is 0 Å². The maximum absolute atomic E-state index is 4.37. The molecule has 0 amide bonds. The SMILES string of the molecule is CC1(C2CC2)CNC2(CCCC2)CN1CCn1cccn1. The van der Waals surface area contributed by atoms with Crippen molar-refractivity contribution in [2.75, 3.05) is 19.6 Å². The lowest BCUT2D eigenvalue weighted by molar-refractivity contribution is -0.000215. The summed E-state index contributed by atoms with van der Waals surface area (Å²) in [4.78, 5) is 2.80. The van der Waals surface area contributed by atoms with Gasteiger partial charge in [0.15, 0.2) is 0 Å².